The van der Waals surface area contributed by atoms with E-state index in [0.717, 1.165) is 17.4 Å². The van der Waals surface area contributed by atoms with Gasteiger partial charge in [0.25, 0.3) is 0 Å². The smallest absolute Gasteiger partial charge is 0.154 e. The van der Waals surface area contributed by atoms with E-state index in [0.29, 0.717) is 12.3 Å². The molecule has 0 saturated heterocycles. The number of hydrogen-bond donors (Lipinski definition) is 0. The Balaban J connectivity index is 1.91. The first-order chi connectivity index (χ1) is 9.65. The van der Waals surface area contributed by atoms with Crippen LogP contribution < -0.4 is 0 Å². The monoisotopic (exact) mass is 267 g/mol. The fourth-order valence-corrected chi connectivity index (χ4v) is 4.40. The van der Waals surface area contributed by atoms with Crippen molar-refractivity contribution in [2.24, 2.45) is 17.8 Å². The summed E-state index contributed by atoms with van der Waals surface area (Å²) in [4.78, 5) is 12.3. The molecule has 20 heavy (non-hydrogen) atoms. The molecule has 2 aliphatic rings. The van der Waals surface area contributed by atoms with E-state index in [4.69, 9.17) is 0 Å². The van der Waals surface area contributed by atoms with Crippen LogP contribution in [0.1, 0.15) is 44.6 Å². The second-order valence-electron chi connectivity index (χ2n) is 6.58. The van der Waals surface area contributed by atoms with Crippen LogP contribution in [0.3, 0.4) is 0 Å². The van der Waals surface area contributed by atoms with Gasteiger partial charge in [0.1, 0.15) is 5.41 Å². The highest BCUT2D eigenvalue weighted by molar-refractivity contribution is 5.91. The Morgan fingerprint density at radius 1 is 1.30 bits per heavy atom. The lowest BCUT2D eigenvalue weighted by molar-refractivity contribution is -0.121. The number of ketones is 1. The largest absolute Gasteiger partial charge is 0.298 e. The number of Topliss-reactive ketones (excluding diaryl/α,β-unsaturated/α-hetero) is 1. The molecule has 2 fully saturated rings. The first-order valence-corrected chi connectivity index (χ1v) is 7.63. The van der Waals surface area contributed by atoms with Crippen molar-refractivity contribution in [1.29, 1.82) is 5.26 Å². The SMILES string of the molecule is CC(=O)C(C#N)(CC1CC2CCC1C2)c1ccccc1. The van der Waals surface area contributed by atoms with Crippen LogP contribution in [0.5, 0.6) is 0 Å². The zero-order chi connectivity index (χ0) is 14.2. The van der Waals surface area contributed by atoms with Crippen molar-refractivity contribution < 1.29 is 4.79 Å². The van der Waals surface area contributed by atoms with Crippen molar-refractivity contribution in [3.05, 3.63) is 35.9 Å². The fourth-order valence-electron chi connectivity index (χ4n) is 4.40. The third-order valence-electron chi connectivity index (χ3n) is 5.51. The molecule has 0 amide bonds. The Labute approximate surface area is 120 Å². The van der Waals surface area contributed by atoms with Crippen molar-refractivity contribution in [2.45, 2.75) is 44.4 Å². The summed E-state index contributed by atoms with van der Waals surface area (Å²) in [5.74, 6) is 2.14. The molecule has 3 rings (SSSR count). The number of benzene rings is 1. The molecule has 1 aromatic carbocycles. The normalized spacial score (nSPS) is 30.7. The molecule has 2 aliphatic carbocycles. The summed E-state index contributed by atoms with van der Waals surface area (Å²) < 4.78 is 0. The van der Waals surface area contributed by atoms with Gasteiger partial charge in [-0.15, -0.1) is 0 Å². The van der Waals surface area contributed by atoms with E-state index >= 15 is 0 Å². The van der Waals surface area contributed by atoms with Gasteiger partial charge in [-0.1, -0.05) is 36.8 Å². The van der Waals surface area contributed by atoms with Crippen molar-refractivity contribution in [1.82, 2.24) is 0 Å². The van der Waals surface area contributed by atoms with Crippen molar-refractivity contribution >= 4 is 5.78 Å². The minimum Gasteiger partial charge on any atom is -0.298 e. The van der Waals surface area contributed by atoms with Crippen LogP contribution in [0.2, 0.25) is 0 Å². The summed E-state index contributed by atoms with van der Waals surface area (Å²) in [5, 5.41) is 9.76. The summed E-state index contributed by atoms with van der Waals surface area (Å²) >= 11 is 0. The molecule has 0 radical (unpaired) electrons. The van der Waals surface area contributed by atoms with E-state index in [1.807, 2.05) is 30.3 Å². The molecule has 1 aromatic rings. The van der Waals surface area contributed by atoms with Gasteiger partial charge in [-0.2, -0.15) is 5.26 Å². The average molecular weight is 267 g/mol. The predicted molar refractivity (Wildman–Crippen MR) is 78.0 cm³/mol. The van der Waals surface area contributed by atoms with Crippen molar-refractivity contribution in [3.8, 4) is 6.07 Å². The number of nitriles is 1. The standard InChI is InChI=1S/C18H21NO/c1-13(20)18(12-19,17-5-3-2-4-6-17)11-16-10-14-7-8-15(16)9-14/h2-6,14-16H,7-11H2,1H3. The molecule has 2 nitrogen and oxygen atoms in total. The summed E-state index contributed by atoms with van der Waals surface area (Å²) in [6.45, 7) is 1.57. The van der Waals surface area contributed by atoms with Crippen LogP contribution in [0.25, 0.3) is 0 Å². The van der Waals surface area contributed by atoms with Gasteiger partial charge in [0, 0.05) is 0 Å². The van der Waals surface area contributed by atoms with Crippen LogP contribution in [0.15, 0.2) is 30.3 Å². The van der Waals surface area contributed by atoms with E-state index in [-0.39, 0.29) is 5.78 Å². The Hall–Kier alpha value is -1.62. The lowest BCUT2D eigenvalue weighted by atomic mass is 9.69. The van der Waals surface area contributed by atoms with Gasteiger partial charge in [0.05, 0.1) is 6.07 Å². The Morgan fingerprint density at radius 2 is 2.05 bits per heavy atom. The topological polar surface area (TPSA) is 40.9 Å². The molecule has 0 spiro atoms. The number of carbonyl (C=O) groups excluding carboxylic acids is 1. The summed E-state index contributed by atoms with van der Waals surface area (Å²) in [6.07, 6.45) is 5.90. The number of nitrogens with zero attached hydrogens (tertiary/aromatic N) is 1. The van der Waals surface area contributed by atoms with Crippen LogP contribution in [-0.4, -0.2) is 5.78 Å². The Bertz CT molecular complexity index is 544. The molecular formula is C18H21NO. The number of rotatable bonds is 4. The number of fused-ring (bicyclic) bond motifs is 2. The molecule has 104 valence electrons. The predicted octanol–water partition coefficient (Wildman–Crippen LogP) is 3.86. The van der Waals surface area contributed by atoms with Crippen LogP contribution in [-0.2, 0) is 10.2 Å². The first-order valence-electron chi connectivity index (χ1n) is 7.63. The van der Waals surface area contributed by atoms with Crippen LogP contribution in [0, 0.1) is 29.1 Å². The van der Waals surface area contributed by atoms with Gasteiger partial charge >= 0.3 is 0 Å². The molecule has 4 unspecified atom stereocenters. The van der Waals surface area contributed by atoms with Crippen LogP contribution in [0.4, 0.5) is 0 Å². The lowest BCUT2D eigenvalue weighted by Gasteiger charge is -2.31. The fraction of sp³-hybridized carbons (Fsp3) is 0.556. The number of carbonyl (C=O) groups is 1. The van der Waals surface area contributed by atoms with E-state index < -0.39 is 5.41 Å². The minimum atomic E-state index is -0.934. The maximum atomic E-state index is 12.3. The lowest BCUT2D eigenvalue weighted by Crippen LogP contribution is -2.36. The molecule has 0 aromatic heterocycles. The third kappa shape index (κ3) is 2.06. The second-order valence-corrected chi connectivity index (χ2v) is 6.58. The van der Waals surface area contributed by atoms with Gasteiger partial charge in [-0.3, -0.25) is 4.79 Å². The van der Waals surface area contributed by atoms with Crippen LogP contribution >= 0.6 is 0 Å². The molecular weight excluding hydrogens is 246 g/mol. The van der Waals surface area contributed by atoms with Gasteiger partial charge in [0.15, 0.2) is 5.78 Å². The maximum Gasteiger partial charge on any atom is 0.154 e. The quantitative estimate of drug-likeness (QED) is 0.831. The summed E-state index contributed by atoms with van der Waals surface area (Å²) in [5.41, 5.74) is -0.0612. The summed E-state index contributed by atoms with van der Waals surface area (Å²) in [7, 11) is 0. The van der Waals surface area contributed by atoms with E-state index in [1.54, 1.807) is 6.92 Å². The maximum absolute atomic E-state index is 12.3. The van der Waals surface area contributed by atoms with Crippen molar-refractivity contribution in [2.75, 3.05) is 0 Å². The molecule has 0 heterocycles. The summed E-state index contributed by atoms with van der Waals surface area (Å²) in [6, 6.07) is 12.0. The Kier molecular flexibility index (Phi) is 3.38. The molecule has 4 atom stereocenters. The second kappa shape index (κ2) is 5.05. The molecule has 2 heteroatoms. The minimum absolute atomic E-state index is 0.00558. The van der Waals surface area contributed by atoms with E-state index in [1.165, 1.54) is 25.7 Å². The number of hydrogen-bond acceptors (Lipinski definition) is 2. The van der Waals surface area contributed by atoms with E-state index in [2.05, 4.69) is 6.07 Å². The molecule has 0 N–H and O–H groups in total. The van der Waals surface area contributed by atoms with E-state index in [9.17, 15) is 10.1 Å². The zero-order valence-electron chi connectivity index (χ0n) is 12.0. The highest BCUT2D eigenvalue weighted by atomic mass is 16.1. The molecule has 2 bridgehead atoms. The van der Waals surface area contributed by atoms with Gasteiger partial charge < -0.3 is 0 Å². The van der Waals surface area contributed by atoms with Crippen molar-refractivity contribution in [3.63, 3.8) is 0 Å². The highest BCUT2D eigenvalue weighted by Crippen LogP contribution is 2.52. The average Bonchev–Trinajstić information content (AvgIpc) is 3.08. The first kappa shape index (κ1) is 13.4. The molecule has 0 aliphatic heterocycles. The molecule has 2 saturated carbocycles. The highest BCUT2D eigenvalue weighted by Gasteiger charge is 2.46. The van der Waals surface area contributed by atoms with Gasteiger partial charge in [0.2, 0.25) is 0 Å². The van der Waals surface area contributed by atoms with Gasteiger partial charge in [-0.25, -0.2) is 0 Å². The van der Waals surface area contributed by atoms with Gasteiger partial charge in [-0.05, 0) is 55.9 Å². The Morgan fingerprint density at radius 3 is 2.55 bits per heavy atom. The third-order valence-corrected chi connectivity index (χ3v) is 5.51. The zero-order valence-corrected chi connectivity index (χ0v) is 12.0.